The summed E-state index contributed by atoms with van der Waals surface area (Å²) in [6.45, 7) is 1.01. The summed E-state index contributed by atoms with van der Waals surface area (Å²) >= 11 is 0. The highest BCUT2D eigenvalue weighted by Gasteiger charge is 2.12. The number of nitrogens with zero attached hydrogens (tertiary/aromatic N) is 4. The van der Waals surface area contributed by atoms with Crippen LogP contribution in [-0.2, 0) is 26.9 Å². The lowest BCUT2D eigenvalue weighted by Gasteiger charge is -2.13. The van der Waals surface area contributed by atoms with Crippen molar-refractivity contribution in [2.45, 2.75) is 19.8 Å². The number of rotatable bonds is 9. The molecule has 7 heteroatoms. The van der Waals surface area contributed by atoms with Gasteiger partial charge in [0.15, 0.2) is 5.75 Å². The lowest BCUT2D eigenvalue weighted by atomic mass is 10.2. The molecule has 34 heavy (non-hydrogen) atoms. The van der Waals surface area contributed by atoms with Crippen molar-refractivity contribution >= 4 is 11.0 Å². The molecule has 2 aromatic heterocycles. The van der Waals surface area contributed by atoms with Crippen LogP contribution < -0.4 is 14.2 Å². The van der Waals surface area contributed by atoms with E-state index in [1.807, 2.05) is 96.5 Å². The Balaban J connectivity index is 1.31. The first-order valence-electron chi connectivity index (χ1n) is 11.0. The Morgan fingerprint density at radius 1 is 0.706 bits per heavy atom. The maximum absolute atomic E-state index is 6.07. The number of hydrogen-bond donors (Lipinski definition) is 0. The molecule has 0 unspecified atom stereocenters. The minimum atomic E-state index is 0.242. The zero-order chi connectivity index (χ0) is 23.2. The molecule has 0 atom stereocenters. The zero-order valence-electron chi connectivity index (χ0n) is 18.8. The van der Waals surface area contributed by atoms with E-state index in [-0.39, 0.29) is 6.61 Å². The molecule has 0 aliphatic rings. The molecule has 0 fully saturated rings. The molecule has 0 saturated carbocycles. The molecule has 0 aliphatic carbocycles. The summed E-state index contributed by atoms with van der Waals surface area (Å²) in [5.74, 6) is 1.58. The number of aromatic nitrogens is 4. The first kappa shape index (κ1) is 21.5. The quantitative estimate of drug-likeness (QED) is 0.310. The van der Waals surface area contributed by atoms with E-state index in [0.717, 1.165) is 22.2 Å². The van der Waals surface area contributed by atoms with Crippen LogP contribution in [0.25, 0.3) is 11.0 Å². The Morgan fingerprint density at radius 2 is 1.41 bits per heavy atom. The topological polar surface area (TPSA) is 71.3 Å². The van der Waals surface area contributed by atoms with Gasteiger partial charge >= 0.3 is 0 Å². The predicted molar refractivity (Wildman–Crippen MR) is 129 cm³/mol. The summed E-state index contributed by atoms with van der Waals surface area (Å²) in [4.78, 5) is 4.38. The van der Waals surface area contributed by atoms with Crippen molar-refractivity contribution in [2.24, 2.45) is 7.05 Å². The van der Waals surface area contributed by atoms with E-state index in [1.54, 1.807) is 6.33 Å². The third kappa shape index (κ3) is 5.15. The Labute approximate surface area is 197 Å². The molecular weight excluding hydrogens is 428 g/mol. The van der Waals surface area contributed by atoms with E-state index in [0.29, 0.717) is 36.3 Å². The van der Waals surface area contributed by atoms with Gasteiger partial charge in [0.25, 0.3) is 5.88 Å². The highest BCUT2D eigenvalue weighted by molar-refractivity contribution is 5.76. The molecule has 0 spiro atoms. The van der Waals surface area contributed by atoms with Crippen LogP contribution in [0.3, 0.4) is 0 Å². The normalized spacial score (nSPS) is 10.9. The molecule has 3 aromatic carbocycles. The van der Waals surface area contributed by atoms with Crippen molar-refractivity contribution in [1.82, 2.24) is 19.7 Å². The fraction of sp³-hybridized carbons (Fsp3) is 0.148. The largest absolute Gasteiger partial charge is 0.487 e. The van der Waals surface area contributed by atoms with E-state index in [2.05, 4.69) is 15.2 Å². The minimum Gasteiger partial charge on any atom is -0.487 e. The number of imidazole rings is 1. The highest BCUT2D eigenvalue weighted by atomic mass is 16.5. The third-order valence-electron chi connectivity index (χ3n) is 5.32. The van der Waals surface area contributed by atoms with Crippen LogP contribution in [0.2, 0.25) is 0 Å². The molecule has 0 N–H and O–H groups in total. The van der Waals surface area contributed by atoms with Gasteiger partial charge in [-0.25, -0.2) is 4.98 Å². The van der Waals surface area contributed by atoms with Gasteiger partial charge in [-0.3, -0.25) is 0 Å². The molecule has 5 rings (SSSR count). The van der Waals surface area contributed by atoms with Crippen LogP contribution >= 0.6 is 0 Å². The molecule has 2 heterocycles. The van der Waals surface area contributed by atoms with Gasteiger partial charge in [-0.2, -0.15) is 0 Å². The molecule has 5 aromatic rings. The fourth-order valence-electron chi connectivity index (χ4n) is 3.50. The van der Waals surface area contributed by atoms with Crippen molar-refractivity contribution in [3.05, 3.63) is 108 Å². The van der Waals surface area contributed by atoms with Gasteiger partial charge in [0.2, 0.25) is 0 Å². The van der Waals surface area contributed by atoms with Gasteiger partial charge in [-0.05, 0) is 23.3 Å². The fourth-order valence-corrected chi connectivity index (χ4v) is 3.50. The maximum atomic E-state index is 6.07. The van der Waals surface area contributed by atoms with Crippen LogP contribution in [0, 0.1) is 0 Å². The van der Waals surface area contributed by atoms with Crippen LogP contribution in [0.15, 0.2) is 91.3 Å². The van der Waals surface area contributed by atoms with Crippen LogP contribution in [0.4, 0.5) is 0 Å². The van der Waals surface area contributed by atoms with Gasteiger partial charge in [0.05, 0.1) is 17.4 Å². The molecule has 0 bridgehead atoms. The standard InChI is InChI=1S/C27H24N4O3/c1-31-19-28-24-15-23(12-13-25(24)31)32-18-22-14-26(33-16-20-8-4-2-5-9-20)27(30-29-22)34-17-21-10-6-3-7-11-21/h2-15,19H,16-18H2,1H3. The second kappa shape index (κ2) is 10.0. The van der Waals surface area contributed by atoms with Crippen molar-refractivity contribution in [1.29, 1.82) is 0 Å². The number of aryl methyl sites for hydroxylation is 1. The van der Waals surface area contributed by atoms with Crippen LogP contribution in [0.1, 0.15) is 16.8 Å². The summed E-state index contributed by atoms with van der Waals surface area (Å²) < 4.78 is 19.9. The smallest absolute Gasteiger partial charge is 0.276 e. The Hall–Kier alpha value is -4.39. The van der Waals surface area contributed by atoms with E-state index in [4.69, 9.17) is 14.2 Å². The van der Waals surface area contributed by atoms with E-state index in [1.165, 1.54) is 0 Å². The highest BCUT2D eigenvalue weighted by Crippen LogP contribution is 2.27. The van der Waals surface area contributed by atoms with Gasteiger partial charge in [-0.1, -0.05) is 60.7 Å². The van der Waals surface area contributed by atoms with E-state index in [9.17, 15) is 0 Å². The summed E-state index contributed by atoms with van der Waals surface area (Å²) in [6.07, 6.45) is 1.78. The number of ether oxygens (including phenoxy) is 3. The Kier molecular flexibility index (Phi) is 6.34. The average Bonchev–Trinajstić information content (AvgIpc) is 3.26. The van der Waals surface area contributed by atoms with Gasteiger partial charge in [0.1, 0.15) is 31.3 Å². The third-order valence-corrected chi connectivity index (χ3v) is 5.32. The Bertz CT molecular complexity index is 1370. The Morgan fingerprint density at radius 3 is 2.15 bits per heavy atom. The molecule has 7 nitrogen and oxygen atoms in total. The average molecular weight is 453 g/mol. The monoisotopic (exact) mass is 452 g/mol. The van der Waals surface area contributed by atoms with Gasteiger partial charge < -0.3 is 18.8 Å². The molecular formula is C27H24N4O3. The summed E-state index contributed by atoms with van der Waals surface area (Å²) in [5, 5.41) is 8.57. The lowest BCUT2D eigenvalue weighted by molar-refractivity contribution is 0.240. The molecule has 0 aliphatic heterocycles. The summed E-state index contributed by atoms with van der Waals surface area (Å²) in [6, 6.07) is 27.5. The molecule has 0 saturated heterocycles. The van der Waals surface area contributed by atoms with Crippen molar-refractivity contribution < 1.29 is 14.2 Å². The lowest BCUT2D eigenvalue weighted by Crippen LogP contribution is -2.06. The number of benzene rings is 3. The molecule has 0 radical (unpaired) electrons. The van der Waals surface area contributed by atoms with E-state index < -0.39 is 0 Å². The van der Waals surface area contributed by atoms with Crippen molar-refractivity contribution in [3.63, 3.8) is 0 Å². The van der Waals surface area contributed by atoms with Crippen molar-refractivity contribution in [3.8, 4) is 17.4 Å². The second-order valence-electron chi connectivity index (χ2n) is 7.85. The number of fused-ring (bicyclic) bond motifs is 1. The van der Waals surface area contributed by atoms with Gasteiger partial charge in [-0.15, -0.1) is 10.2 Å². The maximum Gasteiger partial charge on any atom is 0.276 e. The van der Waals surface area contributed by atoms with E-state index >= 15 is 0 Å². The zero-order valence-corrected chi connectivity index (χ0v) is 18.8. The second-order valence-corrected chi connectivity index (χ2v) is 7.85. The predicted octanol–water partition coefficient (Wildman–Crippen LogP) is 5.10. The minimum absolute atomic E-state index is 0.242. The van der Waals surface area contributed by atoms with Crippen LogP contribution in [0.5, 0.6) is 17.4 Å². The number of hydrogen-bond acceptors (Lipinski definition) is 6. The summed E-state index contributed by atoms with van der Waals surface area (Å²) in [5.41, 5.74) is 4.65. The molecule has 170 valence electrons. The summed E-state index contributed by atoms with van der Waals surface area (Å²) in [7, 11) is 1.96. The first-order valence-corrected chi connectivity index (χ1v) is 11.0. The molecule has 0 amide bonds. The first-order chi connectivity index (χ1) is 16.7. The SMILES string of the molecule is Cn1cnc2cc(OCc3cc(OCc4ccccc4)c(OCc4ccccc4)nn3)ccc21. The van der Waals surface area contributed by atoms with Gasteiger partial charge in [0, 0.05) is 19.2 Å². The van der Waals surface area contributed by atoms with Crippen molar-refractivity contribution in [2.75, 3.05) is 0 Å². The van der Waals surface area contributed by atoms with Crippen LogP contribution in [-0.4, -0.2) is 19.7 Å².